The molecule has 0 radical (unpaired) electrons. The fourth-order valence-electron chi connectivity index (χ4n) is 3.64. The van der Waals surface area contributed by atoms with E-state index in [0.29, 0.717) is 12.8 Å². The minimum Gasteiger partial charge on any atom is -0.350 e. The van der Waals surface area contributed by atoms with Gasteiger partial charge in [0.1, 0.15) is 12.4 Å². The summed E-state index contributed by atoms with van der Waals surface area (Å²) in [5, 5.41) is 12.0. The van der Waals surface area contributed by atoms with Gasteiger partial charge >= 0.3 is 6.18 Å². The van der Waals surface area contributed by atoms with Crippen molar-refractivity contribution in [3.63, 3.8) is 0 Å². The maximum atomic E-state index is 13.1. The lowest BCUT2D eigenvalue weighted by Crippen LogP contribution is -2.43. The van der Waals surface area contributed by atoms with Crippen LogP contribution in [0.15, 0.2) is 43.2 Å². The third-order valence-corrected chi connectivity index (χ3v) is 5.12. The molecule has 0 saturated heterocycles. The highest BCUT2D eigenvalue weighted by Gasteiger charge is 2.33. The van der Waals surface area contributed by atoms with Gasteiger partial charge in [-0.1, -0.05) is 25.1 Å². The second-order valence-electron chi connectivity index (χ2n) is 7.21. The average molecular weight is 421 g/mol. The molecule has 1 aromatic carbocycles. The van der Waals surface area contributed by atoms with Gasteiger partial charge in [-0.2, -0.15) is 18.3 Å². The molecule has 1 aromatic heterocycles. The van der Waals surface area contributed by atoms with Crippen LogP contribution in [-0.2, 0) is 15.8 Å². The summed E-state index contributed by atoms with van der Waals surface area (Å²) in [6.45, 7) is 3.42. The zero-order chi connectivity index (χ0) is 21.7. The SMILES string of the molecule is C=CC(=O)NC1CCCC(C(=O)NC(c2cccc(C(F)(F)F)c2)c2ncn[nH]2)C1. The number of carbonyl (C=O) groups excluding carboxylic acids is 2. The Morgan fingerprint density at radius 1 is 1.30 bits per heavy atom. The summed E-state index contributed by atoms with van der Waals surface area (Å²) in [4.78, 5) is 28.5. The molecule has 2 aromatic rings. The molecule has 10 heteroatoms. The van der Waals surface area contributed by atoms with E-state index in [2.05, 4.69) is 32.4 Å². The second kappa shape index (κ2) is 9.10. The van der Waals surface area contributed by atoms with Gasteiger partial charge in [-0.05, 0) is 43.0 Å². The minimum absolute atomic E-state index is 0.155. The normalized spacial score (nSPS) is 20.2. The zero-order valence-corrected chi connectivity index (χ0v) is 16.1. The number of carbonyl (C=O) groups is 2. The number of aromatic amines is 1. The smallest absolute Gasteiger partial charge is 0.350 e. The number of hydrogen-bond acceptors (Lipinski definition) is 4. The fourth-order valence-corrected chi connectivity index (χ4v) is 3.64. The number of benzene rings is 1. The third-order valence-electron chi connectivity index (χ3n) is 5.12. The first kappa shape index (κ1) is 21.5. The first-order chi connectivity index (χ1) is 14.3. The molecule has 160 valence electrons. The van der Waals surface area contributed by atoms with Crippen molar-refractivity contribution in [2.45, 2.75) is 43.9 Å². The number of rotatable bonds is 6. The van der Waals surface area contributed by atoms with Crippen LogP contribution < -0.4 is 10.6 Å². The van der Waals surface area contributed by atoms with E-state index >= 15 is 0 Å². The van der Waals surface area contributed by atoms with Crippen LogP contribution >= 0.6 is 0 Å². The van der Waals surface area contributed by atoms with E-state index in [1.54, 1.807) is 0 Å². The van der Waals surface area contributed by atoms with Crippen LogP contribution in [-0.4, -0.2) is 33.0 Å². The van der Waals surface area contributed by atoms with E-state index in [1.165, 1.54) is 24.5 Å². The topological polar surface area (TPSA) is 99.8 Å². The lowest BCUT2D eigenvalue weighted by atomic mass is 9.84. The molecule has 2 amide bonds. The summed E-state index contributed by atoms with van der Waals surface area (Å²) in [6, 6.07) is 3.67. The van der Waals surface area contributed by atoms with E-state index in [4.69, 9.17) is 0 Å². The van der Waals surface area contributed by atoms with Gasteiger partial charge in [-0.25, -0.2) is 4.98 Å². The molecule has 3 N–H and O–H groups in total. The van der Waals surface area contributed by atoms with Crippen molar-refractivity contribution < 1.29 is 22.8 Å². The van der Waals surface area contributed by atoms with Crippen molar-refractivity contribution in [1.82, 2.24) is 25.8 Å². The minimum atomic E-state index is -4.51. The van der Waals surface area contributed by atoms with Crippen LogP contribution in [0.4, 0.5) is 13.2 Å². The van der Waals surface area contributed by atoms with Crippen molar-refractivity contribution in [3.8, 4) is 0 Å². The number of nitrogens with zero attached hydrogens (tertiary/aromatic N) is 2. The molecule has 3 unspecified atom stereocenters. The maximum Gasteiger partial charge on any atom is 0.416 e. The summed E-state index contributed by atoms with van der Waals surface area (Å²) in [5.41, 5.74) is -0.578. The highest BCUT2D eigenvalue weighted by molar-refractivity contribution is 5.87. The van der Waals surface area contributed by atoms with Gasteiger partial charge in [-0.3, -0.25) is 14.7 Å². The van der Waals surface area contributed by atoms with Crippen molar-refractivity contribution in [1.29, 1.82) is 0 Å². The average Bonchev–Trinajstić information content (AvgIpc) is 3.26. The molecule has 1 aliphatic rings. The van der Waals surface area contributed by atoms with Crippen LogP contribution in [0.3, 0.4) is 0 Å². The van der Waals surface area contributed by atoms with Crippen LogP contribution in [0.5, 0.6) is 0 Å². The molecule has 1 heterocycles. The Kier molecular flexibility index (Phi) is 6.53. The number of hydrogen-bond donors (Lipinski definition) is 3. The van der Waals surface area contributed by atoms with Gasteiger partial charge in [0.2, 0.25) is 11.8 Å². The molecular weight excluding hydrogens is 399 g/mol. The predicted molar refractivity (Wildman–Crippen MR) is 102 cm³/mol. The summed E-state index contributed by atoms with van der Waals surface area (Å²) in [5.74, 6) is -0.768. The Morgan fingerprint density at radius 2 is 2.10 bits per heavy atom. The van der Waals surface area contributed by atoms with Crippen molar-refractivity contribution in [2.75, 3.05) is 0 Å². The summed E-state index contributed by atoms with van der Waals surface area (Å²) >= 11 is 0. The number of H-pyrrole nitrogens is 1. The molecule has 0 aliphatic heterocycles. The van der Waals surface area contributed by atoms with E-state index in [0.717, 1.165) is 25.0 Å². The summed E-state index contributed by atoms with van der Waals surface area (Å²) < 4.78 is 39.4. The number of amides is 2. The standard InChI is InChI=1S/C20H22F3N5O2/c1-2-16(29)26-15-8-4-6-13(10-15)19(30)27-17(18-24-11-25-28-18)12-5-3-7-14(9-12)20(21,22)23/h2-3,5,7,9,11,13,15,17H,1,4,6,8,10H2,(H,26,29)(H,27,30)(H,24,25,28). The molecule has 0 bridgehead atoms. The molecule has 1 saturated carbocycles. The maximum absolute atomic E-state index is 13.1. The van der Waals surface area contributed by atoms with Crippen molar-refractivity contribution in [3.05, 3.63) is 60.2 Å². The monoisotopic (exact) mass is 421 g/mol. The Morgan fingerprint density at radius 3 is 2.77 bits per heavy atom. The first-order valence-electron chi connectivity index (χ1n) is 9.53. The van der Waals surface area contributed by atoms with Gasteiger partial charge in [0.25, 0.3) is 0 Å². The fraction of sp³-hybridized carbons (Fsp3) is 0.400. The first-order valence-corrected chi connectivity index (χ1v) is 9.53. The van der Waals surface area contributed by atoms with E-state index in [-0.39, 0.29) is 35.2 Å². The lowest BCUT2D eigenvalue weighted by Gasteiger charge is -2.30. The zero-order valence-electron chi connectivity index (χ0n) is 16.1. The van der Waals surface area contributed by atoms with Crippen LogP contribution in [0, 0.1) is 5.92 Å². The largest absolute Gasteiger partial charge is 0.416 e. The number of alkyl halides is 3. The Labute approximate surface area is 171 Å². The van der Waals surface area contributed by atoms with Crippen LogP contribution in [0.2, 0.25) is 0 Å². The molecule has 1 fully saturated rings. The summed E-state index contributed by atoms with van der Waals surface area (Å²) in [7, 11) is 0. The highest BCUT2D eigenvalue weighted by Crippen LogP contribution is 2.32. The number of nitrogens with one attached hydrogen (secondary N) is 3. The molecule has 3 rings (SSSR count). The van der Waals surface area contributed by atoms with E-state index in [1.807, 2.05) is 0 Å². The lowest BCUT2D eigenvalue weighted by molar-refractivity contribution is -0.137. The Balaban J connectivity index is 1.79. The van der Waals surface area contributed by atoms with Crippen LogP contribution in [0.25, 0.3) is 0 Å². The number of aromatic nitrogens is 3. The summed E-state index contributed by atoms with van der Waals surface area (Å²) in [6.07, 6.45) is 0.459. The van der Waals surface area contributed by atoms with Gasteiger partial charge in [0.05, 0.1) is 5.56 Å². The Hall–Kier alpha value is -3.17. The predicted octanol–water partition coefficient (Wildman–Crippen LogP) is 2.89. The third kappa shape index (κ3) is 5.25. The van der Waals surface area contributed by atoms with Gasteiger partial charge in [-0.15, -0.1) is 0 Å². The highest BCUT2D eigenvalue weighted by atomic mass is 19.4. The van der Waals surface area contributed by atoms with Gasteiger partial charge in [0, 0.05) is 12.0 Å². The van der Waals surface area contributed by atoms with Crippen LogP contribution in [0.1, 0.15) is 48.7 Å². The quantitative estimate of drug-likeness (QED) is 0.625. The molecule has 7 nitrogen and oxygen atoms in total. The molecule has 1 aliphatic carbocycles. The molecular formula is C20H22F3N5O2. The Bertz CT molecular complexity index is 898. The molecule has 0 spiro atoms. The van der Waals surface area contributed by atoms with Crippen molar-refractivity contribution >= 4 is 11.8 Å². The number of halogens is 3. The molecule has 3 atom stereocenters. The van der Waals surface area contributed by atoms with Crippen molar-refractivity contribution in [2.24, 2.45) is 5.92 Å². The van der Waals surface area contributed by atoms with E-state index in [9.17, 15) is 22.8 Å². The van der Waals surface area contributed by atoms with E-state index < -0.39 is 17.8 Å². The molecule has 30 heavy (non-hydrogen) atoms. The van der Waals surface area contributed by atoms with Gasteiger partial charge in [0.15, 0.2) is 5.82 Å². The second-order valence-corrected chi connectivity index (χ2v) is 7.21. The van der Waals surface area contributed by atoms with Gasteiger partial charge < -0.3 is 10.6 Å².